The van der Waals surface area contributed by atoms with E-state index in [1.807, 2.05) is 5.38 Å². The van der Waals surface area contributed by atoms with E-state index in [0.717, 1.165) is 30.3 Å². The van der Waals surface area contributed by atoms with E-state index in [0.29, 0.717) is 12.7 Å². The summed E-state index contributed by atoms with van der Waals surface area (Å²) < 4.78 is 10.2. The highest BCUT2D eigenvalue weighted by molar-refractivity contribution is 7.13. The third-order valence-electron chi connectivity index (χ3n) is 2.92. The third kappa shape index (κ3) is 3.20. The first-order valence-corrected chi connectivity index (χ1v) is 6.98. The number of hydrogen-bond acceptors (Lipinski definition) is 6. The number of ether oxygens (including phenoxy) is 2. The molecule has 1 aliphatic heterocycles. The minimum Gasteiger partial charge on any atom is -0.466 e. The third-order valence-corrected chi connectivity index (χ3v) is 3.87. The summed E-state index contributed by atoms with van der Waals surface area (Å²) in [5, 5.41) is 2.89. The number of carbonyl (C=O) groups is 1. The maximum absolute atomic E-state index is 11.4. The maximum atomic E-state index is 11.4. The van der Waals surface area contributed by atoms with Crippen LogP contribution in [0.4, 0.5) is 5.13 Å². The molecule has 0 spiro atoms. The summed E-state index contributed by atoms with van der Waals surface area (Å²) in [5.74, 6) is -0.217. The standard InChI is InChI=1S/C12H18N2O3S/c1-3-17-11(15)6-9-8-18-12(13-9)14-5-4-10(7-14)16-2/h8,10H,3-7H2,1-2H3. The van der Waals surface area contributed by atoms with Gasteiger partial charge in [-0.1, -0.05) is 0 Å². The van der Waals surface area contributed by atoms with Crippen LogP contribution in [0.3, 0.4) is 0 Å². The minimum absolute atomic E-state index is 0.217. The number of carbonyl (C=O) groups excluding carboxylic acids is 1. The quantitative estimate of drug-likeness (QED) is 0.758. The molecule has 1 atom stereocenters. The molecular formula is C12H18N2O3S. The molecule has 1 aromatic heterocycles. The van der Waals surface area contributed by atoms with Gasteiger partial charge in [0.05, 0.1) is 24.8 Å². The first-order valence-electron chi connectivity index (χ1n) is 6.10. The largest absolute Gasteiger partial charge is 0.466 e. The number of nitrogens with zero attached hydrogens (tertiary/aromatic N) is 2. The van der Waals surface area contributed by atoms with Crippen LogP contribution in [0.2, 0.25) is 0 Å². The van der Waals surface area contributed by atoms with Gasteiger partial charge in [0.25, 0.3) is 0 Å². The first-order chi connectivity index (χ1) is 8.72. The molecular weight excluding hydrogens is 252 g/mol. The van der Waals surface area contributed by atoms with Crippen LogP contribution in [0, 0.1) is 0 Å². The van der Waals surface area contributed by atoms with Crippen LogP contribution in [-0.4, -0.2) is 43.9 Å². The molecule has 0 N–H and O–H groups in total. The van der Waals surface area contributed by atoms with Gasteiger partial charge in [-0.3, -0.25) is 4.79 Å². The molecule has 0 bridgehead atoms. The molecule has 0 saturated carbocycles. The smallest absolute Gasteiger partial charge is 0.311 e. The van der Waals surface area contributed by atoms with Gasteiger partial charge in [-0.15, -0.1) is 11.3 Å². The Kier molecular flexibility index (Phi) is 4.54. The van der Waals surface area contributed by atoms with Crippen molar-refractivity contribution in [3.8, 4) is 0 Å². The second-order valence-corrected chi connectivity index (χ2v) is 5.03. The van der Waals surface area contributed by atoms with Gasteiger partial charge in [0.15, 0.2) is 5.13 Å². The van der Waals surface area contributed by atoms with Crippen molar-refractivity contribution < 1.29 is 14.3 Å². The molecule has 0 radical (unpaired) electrons. The lowest BCUT2D eigenvalue weighted by atomic mass is 10.3. The van der Waals surface area contributed by atoms with Gasteiger partial charge in [0.1, 0.15) is 0 Å². The maximum Gasteiger partial charge on any atom is 0.311 e. The lowest BCUT2D eigenvalue weighted by Crippen LogP contribution is -2.22. The Hall–Kier alpha value is -1.14. The van der Waals surface area contributed by atoms with E-state index >= 15 is 0 Å². The Morgan fingerprint density at radius 2 is 2.50 bits per heavy atom. The van der Waals surface area contributed by atoms with E-state index in [2.05, 4.69) is 9.88 Å². The SMILES string of the molecule is CCOC(=O)Cc1csc(N2CCC(OC)C2)n1. The molecule has 100 valence electrons. The average molecular weight is 270 g/mol. The number of rotatable bonds is 5. The van der Waals surface area contributed by atoms with Crippen molar-refractivity contribution >= 4 is 22.4 Å². The van der Waals surface area contributed by atoms with Gasteiger partial charge in [-0.2, -0.15) is 0 Å². The zero-order valence-electron chi connectivity index (χ0n) is 10.7. The predicted octanol–water partition coefficient (Wildman–Crippen LogP) is 1.47. The second kappa shape index (κ2) is 6.15. The number of hydrogen-bond donors (Lipinski definition) is 0. The van der Waals surface area contributed by atoms with E-state index in [1.165, 1.54) is 0 Å². The summed E-state index contributed by atoms with van der Waals surface area (Å²) in [6.07, 6.45) is 1.58. The minimum atomic E-state index is -0.217. The summed E-state index contributed by atoms with van der Waals surface area (Å²) in [6.45, 7) is 4.06. The topological polar surface area (TPSA) is 51.7 Å². The molecule has 1 fully saturated rings. The molecule has 1 aromatic rings. The Balaban J connectivity index is 1.92. The van der Waals surface area contributed by atoms with Crippen LogP contribution >= 0.6 is 11.3 Å². The summed E-state index contributed by atoms with van der Waals surface area (Å²) in [7, 11) is 1.74. The van der Waals surface area contributed by atoms with Gasteiger partial charge in [-0.25, -0.2) is 4.98 Å². The number of anilines is 1. The molecule has 2 rings (SSSR count). The Morgan fingerprint density at radius 3 is 3.17 bits per heavy atom. The number of thiazole rings is 1. The fourth-order valence-electron chi connectivity index (χ4n) is 1.98. The monoisotopic (exact) mass is 270 g/mol. The second-order valence-electron chi connectivity index (χ2n) is 4.20. The summed E-state index contributed by atoms with van der Waals surface area (Å²) in [4.78, 5) is 18.0. The Morgan fingerprint density at radius 1 is 1.67 bits per heavy atom. The van der Waals surface area contributed by atoms with Crippen molar-refractivity contribution in [2.75, 3.05) is 31.7 Å². The van der Waals surface area contributed by atoms with Gasteiger partial charge < -0.3 is 14.4 Å². The average Bonchev–Trinajstić information content (AvgIpc) is 2.96. The molecule has 0 amide bonds. The van der Waals surface area contributed by atoms with Gasteiger partial charge in [0, 0.05) is 25.6 Å². The molecule has 0 aromatic carbocycles. The van der Waals surface area contributed by atoms with Crippen molar-refractivity contribution in [2.24, 2.45) is 0 Å². The van der Waals surface area contributed by atoms with Crippen LogP contribution in [0.25, 0.3) is 0 Å². The van der Waals surface area contributed by atoms with Crippen LogP contribution in [0.15, 0.2) is 5.38 Å². The van der Waals surface area contributed by atoms with Crippen molar-refractivity contribution in [2.45, 2.75) is 25.9 Å². The van der Waals surface area contributed by atoms with Crippen LogP contribution < -0.4 is 4.90 Å². The van der Waals surface area contributed by atoms with Crippen LogP contribution in [-0.2, 0) is 20.7 Å². The molecule has 18 heavy (non-hydrogen) atoms. The van der Waals surface area contributed by atoms with E-state index in [4.69, 9.17) is 9.47 Å². The highest BCUT2D eigenvalue weighted by Gasteiger charge is 2.24. The Labute approximate surface area is 111 Å². The van der Waals surface area contributed by atoms with Crippen LogP contribution in [0.5, 0.6) is 0 Å². The molecule has 0 aliphatic carbocycles. The molecule has 1 aliphatic rings. The lowest BCUT2D eigenvalue weighted by molar-refractivity contribution is -0.142. The highest BCUT2D eigenvalue weighted by Crippen LogP contribution is 2.25. The number of aromatic nitrogens is 1. The summed E-state index contributed by atoms with van der Waals surface area (Å²) >= 11 is 1.57. The van der Waals surface area contributed by atoms with Crippen molar-refractivity contribution in [1.82, 2.24) is 4.98 Å². The normalized spacial score (nSPS) is 19.2. The molecule has 6 heteroatoms. The molecule has 1 saturated heterocycles. The lowest BCUT2D eigenvalue weighted by Gasteiger charge is -2.13. The molecule has 2 heterocycles. The van der Waals surface area contributed by atoms with Crippen molar-refractivity contribution in [3.05, 3.63) is 11.1 Å². The van der Waals surface area contributed by atoms with Crippen molar-refractivity contribution in [1.29, 1.82) is 0 Å². The zero-order valence-corrected chi connectivity index (χ0v) is 11.5. The molecule has 1 unspecified atom stereocenters. The summed E-state index contributed by atoms with van der Waals surface area (Å²) in [5.41, 5.74) is 0.786. The first kappa shape index (κ1) is 13.3. The predicted molar refractivity (Wildman–Crippen MR) is 70.1 cm³/mol. The van der Waals surface area contributed by atoms with E-state index < -0.39 is 0 Å². The molecule has 5 nitrogen and oxygen atoms in total. The number of methoxy groups -OCH3 is 1. The fourth-order valence-corrected chi connectivity index (χ4v) is 2.84. The summed E-state index contributed by atoms with van der Waals surface area (Å²) in [6, 6.07) is 0. The van der Waals surface area contributed by atoms with E-state index in [1.54, 1.807) is 25.4 Å². The highest BCUT2D eigenvalue weighted by atomic mass is 32.1. The van der Waals surface area contributed by atoms with Crippen molar-refractivity contribution in [3.63, 3.8) is 0 Å². The number of esters is 1. The Bertz CT molecular complexity index is 408. The van der Waals surface area contributed by atoms with Crippen LogP contribution in [0.1, 0.15) is 19.0 Å². The van der Waals surface area contributed by atoms with E-state index in [9.17, 15) is 4.79 Å². The van der Waals surface area contributed by atoms with Gasteiger partial charge in [-0.05, 0) is 13.3 Å². The van der Waals surface area contributed by atoms with Gasteiger partial charge in [0.2, 0.25) is 0 Å². The van der Waals surface area contributed by atoms with Gasteiger partial charge >= 0.3 is 5.97 Å². The fraction of sp³-hybridized carbons (Fsp3) is 0.667. The van der Waals surface area contributed by atoms with E-state index in [-0.39, 0.29) is 12.4 Å². The zero-order chi connectivity index (χ0) is 13.0.